The Hall–Kier alpha value is -2.86. The number of hydrogen-bond donors (Lipinski definition) is 3. The molecule has 0 spiro atoms. The molecule has 1 aromatic carbocycles. The second-order valence-electron chi connectivity index (χ2n) is 6.81. The van der Waals surface area contributed by atoms with Crippen molar-refractivity contribution in [2.45, 2.75) is 25.4 Å². The van der Waals surface area contributed by atoms with Crippen molar-refractivity contribution in [1.82, 2.24) is 15.3 Å². The van der Waals surface area contributed by atoms with Gasteiger partial charge in [-0.1, -0.05) is 18.2 Å². The van der Waals surface area contributed by atoms with Crippen LogP contribution in [0.5, 0.6) is 0 Å². The summed E-state index contributed by atoms with van der Waals surface area (Å²) in [5.41, 5.74) is 2.94. The smallest absolute Gasteiger partial charge is 0.251 e. The number of amides is 1. The van der Waals surface area contributed by atoms with Gasteiger partial charge in [0.15, 0.2) is 0 Å². The molecule has 3 aromatic rings. The summed E-state index contributed by atoms with van der Waals surface area (Å²) < 4.78 is 5.60. The number of anilines is 1. The molecule has 3 N–H and O–H groups in total. The zero-order valence-corrected chi connectivity index (χ0v) is 15.2. The van der Waals surface area contributed by atoms with E-state index in [0.29, 0.717) is 17.9 Å². The number of ether oxygens (including phenoxy) is 1. The van der Waals surface area contributed by atoms with E-state index in [1.54, 1.807) is 18.3 Å². The molecule has 0 saturated carbocycles. The maximum absolute atomic E-state index is 12.5. The van der Waals surface area contributed by atoms with E-state index in [0.717, 1.165) is 37.9 Å². The van der Waals surface area contributed by atoms with E-state index < -0.39 is 0 Å². The van der Waals surface area contributed by atoms with Crippen LogP contribution in [0.4, 0.5) is 5.82 Å². The molecule has 2 aromatic heterocycles. The molecule has 140 valence electrons. The lowest BCUT2D eigenvalue weighted by Gasteiger charge is -2.12. The van der Waals surface area contributed by atoms with Gasteiger partial charge in [0.05, 0.1) is 6.10 Å². The Labute approximate surface area is 158 Å². The SMILES string of the molecule is O=C(NCCc1c[nH]c2ccccc12)c1ccnc(NCC2CCCO2)c1. The van der Waals surface area contributed by atoms with Crippen molar-refractivity contribution in [1.29, 1.82) is 0 Å². The van der Waals surface area contributed by atoms with E-state index in [-0.39, 0.29) is 12.0 Å². The van der Waals surface area contributed by atoms with Gasteiger partial charge < -0.3 is 20.4 Å². The summed E-state index contributed by atoms with van der Waals surface area (Å²) in [5, 5.41) is 7.46. The van der Waals surface area contributed by atoms with Gasteiger partial charge in [0, 0.05) is 48.6 Å². The second kappa shape index (κ2) is 8.22. The van der Waals surface area contributed by atoms with Crippen molar-refractivity contribution >= 4 is 22.6 Å². The molecular formula is C21H24N4O2. The first kappa shape index (κ1) is 17.5. The van der Waals surface area contributed by atoms with Gasteiger partial charge in [0.1, 0.15) is 5.82 Å². The van der Waals surface area contributed by atoms with Gasteiger partial charge in [0.2, 0.25) is 0 Å². The molecule has 4 rings (SSSR count). The summed E-state index contributed by atoms with van der Waals surface area (Å²) in [6.45, 7) is 2.14. The van der Waals surface area contributed by atoms with E-state index in [9.17, 15) is 4.79 Å². The van der Waals surface area contributed by atoms with Gasteiger partial charge in [0.25, 0.3) is 5.91 Å². The number of nitrogens with one attached hydrogen (secondary N) is 3. The van der Waals surface area contributed by atoms with Crippen LogP contribution in [-0.4, -0.2) is 41.7 Å². The molecule has 0 radical (unpaired) electrons. The van der Waals surface area contributed by atoms with Crippen molar-refractivity contribution in [3.05, 3.63) is 59.9 Å². The van der Waals surface area contributed by atoms with E-state index >= 15 is 0 Å². The number of nitrogens with zero attached hydrogens (tertiary/aromatic N) is 1. The average Bonchev–Trinajstić information content (AvgIpc) is 3.37. The molecule has 3 heterocycles. The van der Waals surface area contributed by atoms with Gasteiger partial charge in [-0.15, -0.1) is 0 Å². The molecular weight excluding hydrogens is 340 g/mol. The molecule has 1 fully saturated rings. The molecule has 27 heavy (non-hydrogen) atoms. The topological polar surface area (TPSA) is 79.0 Å². The summed E-state index contributed by atoms with van der Waals surface area (Å²) in [4.78, 5) is 20.0. The van der Waals surface area contributed by atoms with Crippen LogP contribution in [0.1, 0.15) is 28.8 Å². The molecule has 1 aliphatic heterocycles. The maximum Gasteiger partial charge on any atom is 0.251 e. The molecule has 0 bridgehead atoms. The summed E-state index contributed by atoms with van der Waals surface area (Å²) in [7, 11) is 0. The number of benzene rings is 1. The summed E-state index contributed by atoms with van der Waals surface area (Å²) >= 11 is 0. The van der Waals surface area contributed by atoms with E-state index in [1.165, 1.54) is 10.9 Å². The zero-order chi connectivity index (χ0) is 18.5. The number of aromatic nitrogens is 2. The lowest BCUT2D eigenvalue weighted by Crippen LogP contribution is -2.26. The predicted octanol–water partition coefficient (Wildman–Crippen LogP) is 3.13. The number of aromatic amines is 1. The van der Waals surface area contributed by atoms with Gasteiger partial charge in [-0.05, 0) is 43.0 Å². The Balaban J connectivity index is 1.30. The molecule has 1 amide bonds. The highest BCUT2D eigenvalue weighted by Crippen LogP contribution is 2.18. The van der Waals surface area contributed by atoms with Crippen LogP contribution >= 0.6 is 0 Å². The minimum atomic E-state index is -0.0857. The van der Waals surface area contributed by atoms with Gasteiger partial charge in [-0.3, -0.25) is 4.79 Å². The summed E-state index contributed by atoms with van der Waals surface area (Å²) in [5.74, 6) is 0.618. The predicted molar refractivity (Wildman–Crippen MR) is 106 cm³/mol. The third kappa shape index (κ3) is 4.28. The quantitative estimate of drug-likeness (QED) is 0.602. The number of fused-ring (bicyclic) bond motifs is 1. The second-order valence-corrected chi connectivity index (χ2v) is 6.81. The zero-order valence-electron chi connectivity index (χ0n) is 15.2. The molecule has 0 aliphatic carbocycles. The molecule has 6 heteroatoms. The first-order valence-electron chi connectivity index (χ1n) is 9.44. The Kier molecular flexibility index (Phi) is 5.34. The number of carbonyl (C=O) groups excluding carboxylic acids is 1. The molecule has 1 aliphatic rings. The monoisotopic (exact) mass is 364 g/mol. The van der Waals surface area contributed by atoms with Crippen molar-refractivity contribution in [3.63, 3.8) is 0 Å². The highest BCUT2D eigenvalue weighted by Gasteiger charge is 2.15. The Morgan fingerprint density at radius 3 is 3.11 bits per heavy atom. The third-order valence-corrected chi connectivity index (χ3v) is 4.91. The normalized spacial score (nSPS) is 16.5. The Bertz CT molecular complexity index is 915. The number of pyridine rings is 1. The fraction of sp³-hybridized carbons (Fsp3) is 0.333. The fourth-order valence-electron chi connectivity index (χ4n) is 3.44. The fourth-order valence-corrected chi connectivity index (χ4v) is 3.44. The van der Waals surface area contributed by atoms with Crippen LogP contribution in [0.15, 0.2) is 48.8 Å². The van der Waals surface area contributed by atoms with Crippen molar-refractivity contribution in [2.75, 3.05) is 25.0 Å². The molecule has 1 atom stereocenters. The lowest BCUT2D eigenvalue weighted by molar-refractivity contribution is 0.0954. The average molecular weight is 364 g/mol. The van der Waals surface area contributed by atoms with Crippen LogP contribution in [0.2, 0.25) is 0 Å². The van der Waals surface area contributed by atoms with Gasteiger partial charge in [-0.25, -0.2) is 4.98 Å². The first-order valence-corrected chi connectivity index (χ1v) is 9.44. The Morgan fingerprint density at radius 1 is 1.30 bits per heavy atom. The lowest BCUT2D eigenvalue weighted by atomic mass is 10.1. The van der Waals surface area contributed by atoms with Crippen molar-refractivity contribution < 1.29 is 9.53 Å². The van der Waals surface area contributed by atoms with E-state index in [4.69, 9.17) is 4.74 Å². The van der Waals surface area contributed by atoms with Crippen LogP contribution in [0.3, 0.4) is 0 Å². The minimum Gasteiger partial charge on any atom is -0.376 e. The molecule has 1 unspecified atom stereocenters. The largest absolute Gasteiger partial charge is 0.376 e. The minimum absolute atomic E-state index is 0.0857. The highest BCUT2D eigenvalue weighted by molar-refractivity contribution is 5.94. The van der Waals surface area contributed by atoms with Gasteiger partial charge >= 0.3 is 0 Å². The van der Waals surface area contributed by atoms with Gasteiger partial charge in [-0.2, -0.15) is 0 Å². The summed E-state index contributed by atoms with van der Waals surface area (Å²) in [6.07, 6.45) is 6.87. The van der Waals surface area contributed by atoms with Crippen LogP contribution in [0, 0.1) is 0 Å². The Morgan fingerprint density at radius 2 is 2.22 bits per heavy atom. The number of rotatable bonds is 7. The number of para-hydroxylation sites is 1. The standard InChI is InChI=1S/C21H24N4O2/c26-21(23-10-8-16-13-24-19-6-2-1-5-18(16)19)15-7-9-22-20(12-15)25-14-17-4-3-11-27-17/h1-2,5-7,9,12-13,17,24H,3-4,8,10-11,14H2,(H,22,25)(H,23,26). The van der Waals surface area contributed by atoms with Crippen molar-refractivity contribution in [2.24, 2.45) is 0 Å². The third-order valence-electron chi connectivity index (χ3n) is 4.91. The first-order chi connectivity index (χ1) is 13.3. The highest BCUT2D eigenvalue weighted by atomic mass is 16.5. The number of hydrogen-bond acceptors (Lipinski definition) is 4. The number of H-pyrrole nitrogens is 1. The van der Waals surface area contributed by atoms with Crippen molar-refractivity contribution in [3.8, 4) is 0 Å². The van der Waals surface area contributed by atoms with Crippen LogP contribution in [-0.2, 0) is 11.2 Å². The molecule has 6 nitrogen and oxygen atoms in total. The maximum atomic E-state index is 12.5. The number of carbonyl (C=O) groups is 1. The molecule has 1 saturated heterocycles. The van der Waals surface area contributed by atoms with Crippen LogP contribution in [0.25, 0.3) is 10.9 Å². The van der Waals surface area contributed by atoms with E-state index in [2.05, 4.69) is 32.7 Å². The van der Waals surface area contributed by atoms with E-state index in [1.807, 2.05) is 18.3 Å². The van der Waals surface area contributed by atoms with Crippen LogP contribution < -0.4 is 10.6 Å². The summed E-state index contributed by atoms with van der Waals surface area (Å²) in [6, 6.07) is 11.7.